The number of pyridine rings is 5. The maximum Gasteiger partial charge on any atom is 0.417 e. The molecule has 147 heavy (non-hydrogen) atoms. The Labute approximate surface area is 858 Å². The van der Waals surface area contributed by atoms with Crippen LogP contribution in [0.4, 0.5) is 55.4 Å². The number of H-pyrrole nitrogens is 2. The normalized spacial score (nSPS) is 19.2. The van der Waals surface area contributed by atoms with E-state index in [9.17, 15) is 43.5 Å². The van der Waals surface area contributed by atoms with Crippen molar-refractivity contribution in [2.75, 3.05) is 147 Å². The zero-order valence-electron chi connectivity index (χ0n) is 81.7. The Morgan fingerprint density at radius 1 is 0.381 bits per heavy atom. The predicted molar refractivity (Wildman–Crippen MR) is 561 cm³/mol. The van der Waals surface area contributed by atoms with Gasteiger partial charge in [0.2, 0.25) is 0 Å². The molecule has 0 saturated carbocycles. The highest BCUT2D eigenvalue weighted by Gasteiger charge is 2.39. The number of fused-ring (bicyclic) bond motifs is 5. The third-order valence-electron chi connectivity index (χ3n) is 25.3. The molecule has 22 heterocycles. The van der Waals surface area contributed by atoms with E-state index in [2.05, 4.69) is 137 Å². The number of hydrogen-bond acceptors (Lipinski definition) is 30. The van der Waals surface area contributed by atoms with Crippen molar-refractivity contribution in [3.8, 4) is 57.6 Å². The summed E-state index contributed by atoms with van der Waals surface area (Å²) in [5.74, 6) is 7.10. The predicted octanol–water partition coefficient (Wildman–Crippen LogP) is 17.1. The van der Waals surface area contributed by atoms with Gasteiger partial charge in [0.1, 0.15) is 85.8 Å². The third-order valence-corrected chi connectivity index (χ3v) is 30.5. The fourth-order valence-corrected chi connectivity index (χ4v) is 23.3. The van der Waals surface area contributed by atoms with Crippen LogP contribution in [0.1, 0.15) is 80.2 Å². The lowest BCUT2D eigenvalue weighted by atomic mass is 9.92. The average Bonchev–Trinajstić information content (AvgIpc) is 1.74. The number of hydrogen-bond donors (Lipinski definition) is 3. The summed E-state index contributed by atoms with van der Waals surface area (Å²) in [6, 6.07) is 25.1. The number of halogens is 9. The molecule has 5 fully saturated rings. The van der Waals surface area contributed by atoms with Gasteiger partial charge in [0, 0.05) is 230 Å². The highest BCUT2D eigenvalue weighted by atomic mass is 35.5. The highest BCUT2D eigenvalue weighted by molar-refractivity contribution is 7.92. The van der Waals surface area contributed by atoms with Crippen molar-refractivity contribution in [1.29, 1.82) is 0 Å². The molecule has 8 unspecified atom stereocenters. The minimum absolute atomic E-state index is 0.0641. The van der Waals surface area contributed by atoms with Gasteiger partial charge in [0.15, 0.2) is 29.1 Å². The molecule has 5 aliphatic rings. The summed E-state index contributed by atoms with van der Waals surface area (Å²) in [5, 5.41) is 19.3. The second-order valence-corrected chi connectivity index (χ2v) is 50.9. The Morgan fingerprint density at radius 2 is 0.714 bits per heavy atom. The molecule has 37 nitrogen and oxygen atoms in total. The van der Waals surface area contributed by atoms with E-state index in [1.54, 1.807) is 99.2 Å². The fraction of sp³-hybridized carbons (Fsp3) is 0.371. The Morgan fingerprint density at radius 3 is 1.07 bits per heavy atom. The lowest BCUT2D eigenvalue weighted by Crippen LogP contribution is -2.46. The SMILES string of the molecule is CC1CC(N=S(C)(C)=O)CN(c2ccnc(-c3cnc4ccc(C(F)(F)F)cn34)n2)C1.CC1CC(N=S(C)(C)=O)CN(c2ccnc(-c3cnc4ccc(C(F)(F)F)cn34)n2)C1.CP(C)(=O)C1CC(c2cn[nH]c2)CN(c2ccnc(-c3cnc4ccc(Cl)cn34)n2)C1.CS(C)(=O)=NC1CCCN(c2ccnc(-c3cnc4ccc(Cl)cn34)n2)C1.Clc1ccc2ncc(-c3nccc(N4CCNC(c5cn[nH]c5)C4)n3)n2c1. The largest absolute Gasteiger partial charge is 0.417 e. The second kappa shape index (κ2) is 43.3. The quantitative estimate of drug-likeness (QED) is 0.0597. The van der Waals surface area contributed by atoms with Gasteiger partial charge in [-0.1, -0.05) is 48.7 Å². The number of piperazine rings is 1. The number of anilines is 5. The summed E-state index contributed by atoms with van der Waals surface area (Å²) >= 11 is 18.4. The molecule has 0 amide bonds. The Kier molecular flexibility index (Phi) is 30.5. The zero-order valence-corrected chi connectivity index (χ0v) is 87.3. The topological polar surface area (TPSA) is 406 Å². The van der Waals surface area contributed by atoms with Crippen LogP contribution in [0.5, 0.6) is 0 Å². The molecule has 0 radical (unpaired) electrons. The van der Waals surface area contributed by atoms with Crippen LogP contribution in [-0.4, -0.2) is 276 Å². The van der Waals surface area contributed by atoms with Gasteiger partial charge in [-0.3, -0.25) is 44.8 Å². The van der Waals surface area contributed by atoms with Gasteiger partial charge >= 0.3 is 12.4 Å². The first-order chi connectivity index (χ1) is 70.0. The average molecular weight is 2150 g/mol. The third kappa shape index (κ3) is 25.6. The van der Waals surface area contributed by atoms with Crippen molar-refractivity contribution >= 4 is 128 Å². The van der Waals surface area contributed by atoms with Crippen LogP contribution in [0.15, 0.2) is 222 Å². The first kappa shape index (κ1) is 104. The molecule has 5 aliphatic heterocycles. The van der Waals surface area contributed by atoms with Crippen molar-refractivity contribution in [3.05, 3.63) is 246 Å². The molecular formula is C97H107Cl3F6N33O4PS3. The van der Waals surface area contributed by atoms with Crippen LogP contribution in [0.25, 0.3) is 85.8 Å². The summed E-state index contributed by atoms with van der Waals surface area (Å²) < 4.78 is 150. The first-order valence-corrected chi connectivity index (χ1v) is 58.0. The van der Waals surface area contributed by atoms with E-state index in [0.29, 0.717) is 105 Å². The van der Waals surface area contributed by atoms with Crippen molar-refractivity contribution in [1.82, 2.24) is 122 Å². The molecule has 17 aromatic rings. The summed E-state index contributed by atoms with van der Waals surface area (Å²) in [4.78, 5) is 77.9. The van der Waals surface area contributed by atoms with Crippen molar-refractivity contribution in [3.63, 3.8) is 0 Å². The van der Waals surface area contributed by atoms with Gasteiger partial charge in [-0.15, -0.1) is 0 Å². The number of nitrogens with one attached hydrogen (secondary N) is 3. The molecule has 770 valence electrons. The van der Waals surface area contributed by atoms with E-state index in [4.69, 9.17) is 49.8 Å². The number of alkyl halides is 6. The van der Waals surface area contributed by atoms with Crippen LogP contribution in [-0.2, 0) is 46.1 Å². The molecule has 50 heteroatoms. The molecule has 0 aromatic carbocycles. The van der Waals surface area contributed by atoms with Crippen LogP contribution >= 0.6 is 41.9 Å². The molecule has 0 bridgehead atoms. The molecule has 8 atom stereocenters. The molecule has 17 aromatic heterocycles. The van der Waals surface area contributed by atoms with Crippen molar-refractivity contribution in [2.24, 2.45) is 24.9 Å². The number of piperidine rings is 4. The van der Waals surface area contributed by atoms with Gasteiger partial charge in [-0.05, 0) is 154 Å². The molecule has 0 aliphatic carbocycles. The van der Waals surface area contributed by atoms with Crippen molar-refractivity contribution < 1.29 is 43.5 Å². The number of nitrogens with zero attached hydrogens (tertiary/aromatic N) is 30. The molecule has 0 spiro atoms. The minimum Gasteiger partial charge on any atom is -0.355 e. The zero-order chi connectivity index (χ0) is 104. The van der Waals surface area contributed by atoms with E-state index >= 15 is 0 Å². The number of imidazole rings is 5. The van der Waals surface area contributed by atoms with Gasteiger partial charge in [-0.25, -0.2) is 87.8 Å². The van der Waals surface area contributed by atoms with E-state index < -0.39 is 59.8 Å². The molecule has 5 saturated heterocycles. The fourth-order valence-electron chi connectivity index (χ4n) is 18.8. The molecule has 22 rings (SSSR count). The van der Waals surface area contributed by atoms with Crippen LogP contribution in [0.3, 0.4) is 0 Å². The van der Waals surface area contributed by atoms with Crippen molar-refractivity contribution in [2.45, 2.75) is 94.0 Å². The molecule has 3 N–H and O–H groups in total. The van der Waals surface area contributed by atoms with Gasteiger partial charge in [-0.2, -0.15) is 36.5 Å². The summed E-state index contributed by atoms with van der Waals surface area (Å²) in [7, 11) is -8.84. The van der Waals surface area contributed by atoms with Crippen LogP contribution in [0, 0.1) is 11.8 Å². The van der Waals surface area contributed by atoms with Gasteiger partial charge in [0.05, 0.1) is 101 Å². The number of aromatic nitrogens is 24. The Hall–Kier alpha value is -13.2. The maximum atomic E-state index is 13.2. The summed E-state index contributed by atoms with van der Waals surface area (Å²) in [6.45, 7) is 16.3. The van der Waals surface area contributed by atoms with E-state index in [1.165, 1.54) is 33.3 Å². The van der Waals surface area contributed by atoms with Gasteiger partial charge in [0.25, 0.3) is 0 Å². The summed E-state index contributed by atoms with van der Waals surface area (Å²) in [6.07, 6.45) is 37.2. The lowest BCUT2D eigenvalue weighted by molar-refractivity contribution is -0.138. The number of rotatable bonds is 16. The first-order valence-electron chi connectivity index (χ1n) is 47.2. The van der Waals surface area contributed by atoms with E-state index in [-0.39, 0.29) is 47.4 Å². The summed E-state index contributed by atoms with van der Waals surface area (Å²) in [5.41, 5.74) is 7.10. The van der Waals surface area contributed by atoms with Crippen LogP contribution in [0.2, 0.25) is 15.1 Å². The standard InChI is InChI=1S/C21H23ClN7OP.2C20H23F3N6OS.C18H17ClN8.C18H21ClN6OS/c1-31(2,30)17-7-14(15-8-25-26-9-15)11-28(13-17)20-5-6-23-21(27-20)18-10-24-19-4-3-16(22)12-29(18)19;2*1-13-8-15(27-31(2,3)30)12-28(10-13)18-6-7-24-19(26-18)16-9-25-17-5-4-14(11-29(16)17)20(21,22)23;19-13-1-2-16-22-9-15(27(16)10-13)18-21-4-3-17(25-18)26-6-5-20-14(11-26)12-7-23-24-8-12;1-27(2,26)23-14-4-3-9-24(12-14)17-7-8-20-18(22-17)15-10-21-16-6-5-13(19)11-25(15)16/h3-6,8-10,12,14,17H,7,11,13H2,1-2H3,(H,25,26);2*4-7,9,11,13,15H,8,10,12H2,1-3H3;1-4,7-10,14,20H,5-6,11H2,(H,23,24);5-8,10-11,14H,3-4,9,12H2,1-2H3. The Balaban J connectivity index is 0.000000121. The lowest BCUT2D eigenvalue weighted by Gasteiger charge is -2.39. The van der Waals surface area contributed by atoms with Crippen LogP contribution < -0.4 is 29.8 Å². The molecular weight excluding hydrogens is 2040 g/mol. The van der Waals surface area contributed by atoms with E-state index in [0.717, 1.165) is 165 Å². The highest BCUT2D eigenvalue weighted by Crippen LogP contribution is 2.50. The second-order valence-electron chi connectivity index (χ2n) is 38.3. The minimum atomic E-state index is -4.46. The maximum absolute atomic E-state index is 13.2. The van der Waals surface area contributed by atoms with Gasteiger partial charge < -0.3 is 34.4 Å². The number of aromatic amines is 2. The smallest absolute Gasteiger partial charge is 0.355 e. The van der Waals surface area contributed by atoms with E-state index in [1.807, 2.05) is 125 Å². The monoisotopic (exact) mass is 2140 g/mol. The Bertz CT molecular complexity index is 7860.